The topological polar surface area (TPSA) is 54.4 Å². The zero-order valence-corrected chi connectivity index (χ0v) is 6.04. The molecular weight excluding hydrogens is 164 g/mol. The van der Waals surface area contributed by atoms with Crippen LogP contribution >= 0.6 is 23.4 Å². The van der Waals surface area contributed by atoms with Gasteiger partial charge in [-0.1, -0.05) is 11.8 Å². The molecule has 0 radical (unpaired) electrons. The quantitative estimate of drug-likeness (QED) is 0.484. The van der Waals surface area contributed by atoms with E-state index in [9.17, 15) is 9.59 Å². The van der Waals surface area contributed by atoms with Gasteiger partial charge in [-0.05, 0) is 0 Å². The van der Waals surface area contributed by atoms with Crippen LogP contribution in [0.2, 0.25) is 0 Å². The van der Waals surface area contributed by atoms with Crippen molar-refractivity contribution in [3.63, 3.8) is 0 Å². The lowest BCUT2D eigenvalue weighted by atomic mass is 10.8. The molecule has 0 aromatic heterocycles. The van der Waals surface area contributed by atoms with Gasteiger partial charge in [0.15, 0.2) is 0 Å². The van der Waals surface area contributed by atoms with Crippen molar-refractivity contribution in [1.29, 1.82) is 0 Å². The van der Waals surface area contributed by atoms with Gasteiger partial charge in [-0.2, -0.15) is 0 Å². The third-order valence-electron chi connectivity index (χ3n) is 0.485. The minimum Gasteiger partial charge on any atom is -0.475 e. The minimum atomic E-state index is -1.41. The van der Waals surface area contributed by atoms with Crippen LogP contribution in [0, 0.1) is 0 Å². The van der Waals surface area contributed by atoms with Crippen molar-refractivity contribution in [3.05, 3.63) is 0 Å². The number of alkyl halides is 1. The number of hydrogen-bond acceptors (Lipinski definition) is 3. The van der Waals surface area contributed by atoms with Crippen molar-refractivity contribution in [2.75, 3.05) is 11.6 Å². The maximum atomic E-state index is 10.2. The predicted molar refractivity (Wildman–Crippen MR) is 35.8 cm³/mol. The summed E-state index contributed by atoms with van der Waals surface area (Å²) in [6.45, 7) is 0. The molecule has 5 heteroatoms. The molecule has 0 aliphatic rings. The Balaban J connectivity index is 3.39. The molecule has 0 aliphatic carbocycles. The number of aliphatic carboxylic acids is 1. The summed E-state index contributed by atoms with van der Waals surface area (Å²) in [5, 5.41) is 7.14. The molecule has 0 aromatic carbocycles. The highest BCUT2D eigenvalue weighted by atomic mass is 35.5. The van der Waals surface area contributed by atoms with Gasteiger partial charge in [-0.15, -0.1) is 11.6 Å². The summed E-state index contributed by atoms with van der Waals surface area (Å²) in [4.78, 5) is 20.0. The summed E-state index contributed by atoms with van der Waals surface area (Å²) in [5.41, 5.74) is 0. The molecule has 0 spiro atoms. The van der Waals surface area contributed by atoms with Gasteiger partial charge in [0, 0.05) is 11.6 Å². The van der Waals surface area contributed by atoms with Crippen LogP contribution in [-0.2, 0) is 9.59 Å². The van der Waals surface area contributed by atoms with Gasteiger partial charge >= 0.3 is 5.97 Å². The summed E-state index contributed by atoms with van der Waals surface area (Å²) < 4.78 is 0. The van der Waals surface area contributed by atoms with E-state index in [2.05, 4.69) is 0 Å². The van der Waals surface area contributed by atoms with Crippen molar-refractivity contribution >= 4 is 34.4 Å². The fraction of sp³-hybridized carbons (Fsp3) is 0.500. The van der Waals surface area contributed by atoms with Crippen LogP contribution in [0.5, 0.6) is 0 Å². The Morgan fingerprint density at radius 1 is 1.56 bits per heavy atom. The van der Waals surface area contributed by atoms with Gasteiger partial charge < -0.3 is 5.11 Å². The highest BCUT2D eigenvalue weighted by Gasteiger charge is 2.09. The molecule has 0 unspecified atom stereocenters. The highest BCUT2D eigenvalue weighted by molar-refractivity contribution is 8.15. The van der Waals surface area contributed by atoms with E-state index < -0.39 is 11.1 Å². The smallest absolute Gasteiger partial charge is 0.383 e. The van der Waals surface area contributed by atoms with Crippen LogP contribution in [0.25, 0.3) is 0 Å². The lowest BCUT2D eigenvalue weighted by Gasteiger charge is -1.88. The Morgan fingerprint density at radius 3 is 2.44 bits per heavy atom. The fourth-order valence-electron chi connectivity index (χ4n) is 0.193. The third kappa shape index (κ3) is 4.29. The Kier molecular flexibility index (Phi) is 4.53. The predicted octanol–water partition coefficient (Wildman–Crippen LogP) is 0.570. The Morgan fingerprint density at radius 2 is 2.11 bits per heavy atom. The highest BCUT2D eigenvalue weighted by Crippen LogP contribution is 2.01. The number of carbonyl (C=O) groups is 2. The second-order valence-corrected chi connectivity index (χ2v) is 2.58. The maximum Gasteiger partial charge on any atom is 0.383 e. The van der Waals surface area contributed by atoms with Crippen molar-refractivity contribution in [3.8, 4) is 0 Å². The second-order valence-electron chi connectivity index (χ2n) is 1.13. The molecule has 0 saturated heterocycles. The molecule has 0 fully saturated rings. The lowest BCUT2D eigenvalue weighted by Crippen LogP contribution is -2.08. The Hall–Kier alpha value is -0.220. The normalized spacial score (nSPS) is 9.00. The first-order valence-corrected chi connectivity index (χ1v) is 3.66. The maximum absolute atomic E-state index is 10.2. The minimum absolute atomic E-state index is 0.295. The monoisotopic (exact) mass is 168 g/mol. The van der Waals surface area contributed by atoms with Crippen LogP contribution in [0.1, 0.15) is 0 Å². The average molecular weight is 169 g/mol. The van der Waals surface area contributed by atoms with Gasteiger partial charge in [0.05, 0.1) is 0 Å². The van der Waals surface area contributed by atoms with Gasteiger partial charge in [0.25, 0.3) is 5.12 Å². The number of thioether (sulfide) groups is 1. The number of carbonyl (C=O) groups excluding carboxylic acids is 1. The summed E-state index contributed by atoms with van der Waals surface area (Å²) in [6.07, 6.45) is 0. The number of carboxylic acid groups (broad SMARTS) is 1. The number of hydrogen-bond donors (Lipinski definition) is 1. The van der Waals surface area contributed by atoms with Gasteiger partial charge in [-0.3, -0.25) is 4.79 Å². The molecule has 0 saturated carbocycles. The third-order valence-corrected chi connectivity index (χ3v) is 1.74. The van der Waals surface area contributed by atoms with Crippen molar-refractivity contribution in [1.82, 2.24) is 0 Å². The van der Waals surface area contributed by atoms with Crippen molar-refractivity contribution < 1.29 is 14.7 Å². The number of halogens is 1. The van der Waals surface area contributed by atoms with E-state index in [1.807, 2.05) is 0 Å². The molecule has 1 N–H and O–H groups in total. The largest absolute Gasteiger partial charge is 0.475 e. The number of carboxylic acids is 1. The van der Waals surface area contributed by atoms with Gasteiger partial charge in [0.2, 0.25) is 0 Å². The molecule has 0 aliphatic heterocycles. The van der Waals surface area contributed by atoms with Crippen LogP contribution in [0.4, 0.5) is 0 Å². The first-order valence-electron chi connectivity index (χ1n) is 2.14. The van der Waals surface area contributed by atoms with Crippen LogP contribution in [0.3, 0.4) is 0 Å². The zero-order chi connectivity index (χ0) is 7.28. The van der Waals surface area contributed by atoms with Crippen LogP contribution < -0.4 is 0 Å². The van der Waals surface area contributed by atoms with Crippen molar-refractivity contribution in [2.24, 2.45) is 0 Å². The molecule has 0 bridgehead atoms. The zero-order valence-electron chi connectivity index (χ0n) is 4.46. The molecule has 0 amide bonds. The summed E-state index contributed by atoms with van der Waals surface area (Å²) in [5.74, 6) is -0.763. The standard InChI is InChI=1S/C4H5ClO3S/c5-1-2-9-4(8)3(6)7/h1-2H2,(H,6,7). The van der Waals surface area contributed by atoms with Crippen molar-refractivity contribution in [2.45, 2.75) is 0 Å². The summed E-state index contributed by atoms with van der Waals surface area (Å²) in [7, 11) is 0. The van der Waals surface area contributed by atoms with E-state index in [1.54, 1.807) is 0 Å². The SMILES string of the molecule is O=C(O)C(=O)SCCCl. The van der Waals surface area contributed by atoms with Gasteiger partial charge in [-0.25, -0.2) is 4.79 Å². The van der Waals surface area contributed by atoms with E-state index in [0.717, 1.165) is 0 Å². The Bertz CT molecular complexity index is 125. The summed E-state index contributed by atoms with van der Waals surface area (Å²) in [6, 6.07) is 0. The molecule has 0 rings (SSSR count). The molecule has 9 heavy (non-hydrogen) atoms. The van der Waals surface area contributed by atoms with Crippen LogP contribution in [0.15, 0.2) is 0 Å². The van der Waals surface area contributed by atoms with E-state index >= 15 is 0 Å². The van der Waals surface area contributed by atoms with E-state index in [1.165, 1.54) is 0 Å². The molecule has 0 heterocycles. The molecule has 0 aromatic rings. The molecular formula is C4H5ClO3S. The summed E-state index contributed by atoms with van der Waals surface area (Å²) >= 11 is 5.90. The van der Waals surface area contributed by atoms with Crippen LogP contribution in [-0.4, -0.2) is 27.8 Å². The molecule has 0 atom stereocenters. The van der Waals surface area contributed by atoms with E-state index in [-0.39, 0.29) is 0 Å². The average Bonchev–Trinajstić information content (AvgIpc) is 1.82. The molecule has 52 valence electrons. The Labute approximate surface area is 61.4 Å². The van der Waals surface area contributed by atoms with E-state index in [4.69, 9.17) is 16.7 Å². The lowest BCUT2D eigenvalue weighted by molar-refractivity contribution is -0.144. The first kappa shape index (κ1) is 8.78. The fourth-order valence-corrected chi connectivity index (χ4v) is 0.810. The van der Waals surface area contributed by atoms with Gasteiger partial charge in [0.1, 0.15) is 0 Å². The first-order chi connectivity index (χ1) is 4.18. The van der Waals surface area contributed by atoms with E-state index in [0.29, 0.717) is 23.4 Å². The number of rotatable bonds is 2. The molecule has 3 nitrogen and oxygen atoms in total. The second kappa shape index (κ2) is 4.64.